The van der Waals surface area contributed by atoms with E-state index in [1.165, 1.54) is 12.1 Å². The van der Waals surface area contributed by atoms with Crippen molar-refractivity contribution in [2.24, 2.45) is 0 Å². The van der Waals surface area contributed by atoms with Crippen molar-refractivity contribution in [2.45, 2.75) is 24.8 Å². The summed E-state index contributed by atoms with van der Waals surface area (Å²) in [7, 11) is 0. The fourth-order valence-corrected chi connectivity index (χ4v) is 1.78. The highest BCUT2D eigenvalue weighted by Gasteiger charge is 2.43. The highest BCUT2D eigenvalue weighted by Crippen LogP contribution is 2.34. The summed E-state index contributed by atoms with van der Waals surface area (Å²) < 4.78 is 0. The Morgan fingerprint density at radius 3 is 2.78 bits per heavy atom. The number of nitro benzene ring substituents is 1. The Bertz CT molecular complexity index is 483. The molecule has 0 atom stereocenters. The first-order valence-electron chi connectivity index (χ1n) is 5.70. The molecule has 0 unspecified atom stereocenters. The number of hydrogen-bond acceptors (Lipinski definition) is 4. The first-order valence-corrected chi connectivity index (χ1v) is 5.70. The third-order valence-corrected chi connectivity index (χ3v) is 3.05. The second-order valence-electron chi connectivity index (χ2n) is 4.59. The molecule has 2 N–H and O–H groups in total. The number of non-ortho nitro benzene ring substituents is 1. The summed E-state index contributed by atoms with van der Waals surface area (Å²) in [5, 5.41) is 22.4. The summed E-state index contributed by atoms with van der Waals surface area (Å²) in [6.45, 7) is -0.0618. The number of carbonyl (C=O) groups excluding carboxylic acids is 1. The fourth-order valence-electron chi connectivity index (χ4n) is 1.78. The summed E-state index contributed by atoms with van der Waals surface area (Å²) in [6, 6.07) is 6.00. The normalized spacial score (nSPS) is 16.1. The van der Waals surface area contributed by atoms with Crippen molar-refractivity contribution < 1.29 is 14.8 Å². The molecule has 0 saturated heterocycles. The van der Waals surface area contributed by atoms with Gasteiger partial charge in [-0.1, -0.05) is 12.1 Å². The number of aliphatic hydroxyl groups is 1. The summed E-state index contributed by atoms with van der Waals surface area (Å²) in [5.74, 6) is -0.220. The van der Waals surface area contributed by atoms with Crippen molar-refractivity contribution in [2.75, 3.05) is 6.61 Å². The maximum absolute atomic E-state index is 11.7. The molecule has 0 aliphatic heterocycles. The van der Waals surface area contributed by atoms with Crippen LogP contribution in [-0.2, 0) is 11.2 Å². The van der Waals surface area contributed by atoms with Crippen LogP contribution in [0, 0.1) is 10.1 Å². The van der Waals surface area contributed by atoms with Gasteiger partial charge in [-0.15, -0.1) is 0 Å². The zero-order chi connectivity index (χ0) is 13.2. The molecule has 0 bridgehead atoms. The van der Waals surface area contributed by atoms with Crippen LogP contribution in [-0.4, -0.2) is 28.1 Å². The van der Waals surface area contributed by atoms with E-state index in [9.17, 15) is 14.9 Å². The minimum atomic E-state index is -0.489. The molecule has 1 aliphatic carbocycles. The molecule has 1 aromatic carbocycles. The zero-order valence-electron chi connectivity index (χ0n) is 9.76. The molecular formula is C12H14N2O4. The number of nitro groups is 1. The van der Waals surface area contributed by atoms with E-state index in [1.807, 2.05) is 0 Å². The Labute approximate surface area is 104 Å². The Morgan fingerprint density at radius 2 is 2.22 bits per heavy atom. The molecule has 96 valence electrons. The van der Waals surface area contributed by atoms with Crippen LogP contribution < -0.4 is 5.32 Å². The predicted molar refractivity (Wildman–Crippen MR) is 64.0 cm³/mol. The summed E-state index contributed by atoms with van der Waals surface area (Å²) in [5.41, 5.74) is 0.122. The Morgan fingerprint density at radius 1 is 1.50 bits per heavy atom. The molecular weight excluding hydrogens is 236 g/mol. The quantitative estimate of drug-likeness (QED) is 0.596. The van der Waals surface area contributed by atoms with E-state index in [4.69, 9.17) is 5.11 Å². The molecule has 6 nitrogen and oxygen atoms in total. The van der Waals surface area contributed by atoms with Gasteiger partial charge in [-0.05, 0) is 18.4 Å². The summed E-state index contributed by atoms with van der Waals surface area (Å²) >= 11 is 0. The van der Waals surface area contributed by atoms with Crippen molar-refractivity contribution in [1.29, 1.82) is 0 Å². The smallest absolute Gasteiger partial charge is 0.269 e. The van der Waals surface area contributed by atoms with E-state index in [1.54, 1.807) is 12.1 Å². The van der Waals surface area contributed by atoms with Crippen molar-refractivity contribution in [3.05, 3.63) is 39.9 Å². The van der Waals surface area contributed by atoms with Gasteiger partial charge in [-0.2, -0.15) is 0 Å². The zero-order valence-corrected chi connectivity index (χ0v) is 9.76. The topological polar surface area (TPSA) is 92.5 Å². The SMILES string of the molecule is O=C(Cc1cccc([N+](=O)[O-])c1)NC1(CO)CC1. The lowest BCUT2D eigenvalue weighted by molar-refractivity contribution is -0.384. The molecule has 1 aliphatic rings. The van der Waals surface area contributed by atoms with E-state index >= 15 is 0 Å². The average molecular weight is 250 g/mol. The largest absolute Gasteiger partial charge is 0.394 e. The van der Waals surface area contributed by atoms with Gasteiger partial charge in [0.2, 0.25) is 5.91 Å². The molecule has 2 rings (SSSR count). The first kappa shape index (κ1) is 12.5. The highest BCUT2D eigenvalue weighted by atomic mass is 16.6. The van der Waals surface area contributed by atoms with Crippen molar-refractivity contribution >= 4 is 11.6 Å². The van der Waals surface area contributed by atoms with Gasteiger partial charge in [0.25, 0.3) is 5.69 Å². The molecule has 6 heteroatoms. The number of rotatable bonds is 5. The van der Waals surface area contributed by atoms with Crippen LogP contribution >= 0.6 is 0 Å². The van der Waals surface area contributed by atoms with Crippen molar-refractivity contribution in [1.82, 2.24) is 5.32 Å². The Hall–Kier alpha value is -1.95. The van der Waals surface area contributed by atoms with Gasteiger partial charge in [-0.3, -0.25) is 14.9 Å². The number of benzene rings is 1. The minimum Gasteiger partial charge on any atom is -0.394 e. The van der Waals surface area contributed by atoms with Gasteiger partial charge < -0.3 is 10.4 Å². The maximum Gasteiger partial charge on any atom is 0.269 e. The number of carbonyl (C=O) groups is 1. The van der Waals surface area contributed by atoms with Crippen LogP contribution in [0.4, 0.5) is 5.69 Å². The second kappa shape index (κ2) is 4.73. The monoisotopic (exact) mass is 250 g/mol. The second-order valence-corrected chi connectivity index (χ2v) is 4.59. The molecule has 0 aromatic heterocycles. The molecule has 1 fully saturated rings. The first-order chi connectivity index (χ1) is 8.54. The van der Waals surface area contributed by atoms with Crippen LogP contribution in [0.3, 0.4) is 0 Å². The molecule has 0 radical (unpaired) electrons. The molecule has 1 amide bonds. The third kappa shape index (κ3) is 2.84. The van der Waals surface area contributed by atoms with Crippen molar-refractivity contribution in [3.8, 4) is 0 Å². The van der Waals surface area contributed by atoms with Gasteiger partial charge in [-0.25, -0.2) is 0 Å². The molecule has 0 heterocycles. The van der Waals surface area contributed by atoms with E-state index < -0.39 is 10.5 Å². The number of nitrogens with zero attached hydrogens (tertiary/aromatic N) is 1. The molecule has 1 saturated carbocycles. The van der Waals surface area contributed by atoms with Gasteiger partial charge in [0, 0.05) is 12.1 Å². The number of amides is 1. The maximum atomic E-state index is 11.7. The van der Waals surface area contributed by atoms with Crippen LogP contribution in [0.2, 0.25) is 0 Å². The van der Waals surface area contributed by atoms with E-state index in [0.717, 1.165) is 12.8 Å². The molecule has 18 heavy (non-hydrogen) atoms. The van der Waals surface area contributed by atoms with Crippen LogP contribution in [0.1, 0.15) is 18.4 Å². The summed E-state index contributed by atoms with van der Waals surface area (Å²) in [6.07, 6.45) is 1.65. The molecule has 0 spiro atoms. The van der Waals surface area contributed by atoms with Gasteiger partial charge in [0.05, 0.1) is 23.5 Å². The molecule has 1 aromatic rings. The highest BCUT2D eigenvalue weighted by molar-refractivity contribution is 5.80. The van der Waals surface area contributed by atoms with E-state index in [0.29, 0.717) is 5.56 Å². The van der Waals surface area contributed by atoms with Crippen molar-refractivity contribution in [3.63, 3.8) is 0 Å². The lowest BCUT2D eigenvalue weighted by Crippen LogP contribution is -2.40. The van der Waals surface area contributed by atoms with Gasteiger partial charge >= 0.3 is 0 Å². The lowest BCUT2D eigenvalue weighted by Gasteiger charge is -2.13. The van der Waals surface area contributed by atoms with Gasteiger partial charge in [0.15, 0.2) is 0 Å². The average Bonchev–Trinajstić information content (AvgIpc) is 3.09. The van der Waals surface area contributed by atoms with E-state index in [2.05, 4.69) is 5.32 Å². The fraction of sp³-hybridized carbons (Fsp3) is 0.417. The minimum absolute atomic E-state index is 0.0245. The number of aliphatic hydroxyl groups excluding tert-OH is 1. The van der Waals surface area contributed by atoms with E-state index in [-0.39, 0.29) is 24.6 Å². The third-order valence-electron chi connectivity index (χ3n) is 3.05. The Balaban J connectivity index is 1.98. The lowest BCUT2D eigenvalue weighted by atomic mass is 10.1. The number of hydrogen-bond donors (Lipinski definition) is 2. The Kier molecular flexibility index (Phi) is 3.29. The van der Waals surface area contributed by atoms with Gasteiger partial charge in [0.1, 0.15) is 0 Å². The van der Waals surface area contributed by atoms with Crippen LogP contribution in [0.15, 0.2) is 24.3 Å². The predicted octanol–water partition coefficient (Wildman–Crippen LogP) is 0.778. The van der Waals surface area contributed by atoms with Crippen LogP contribution in [0.5, 0.6) is 0 Å². The summed E-state index contributed by atoms with van der Waals surface area (Å²) in [4.78, 5) is 21.8. The standard InChI is InChI=1S/C12H14N2O4/c15-8-12(4-5-12)13-11(16)7-9-2-1-3-10(6-9)14(17)18/h1-3,6,15H,4-5,7-8H2,(H,13,16). The number of nitrogens with one attached hydrogen (secondary N) is 1. The van der Waals surface area contributed by atoms with Crippen LogP contribution in [0.25, 0.3) is 0 Å².